The van der Waals surface area contributed by atoms with Crippen molar-refractivity contribution in [2.75, 3.05) is 26.2 Å². The fourth-order valence-corrected chi connectivity index (χ4v) is 5.10. The van der Waals surface area contributed by atoms with Crippen LogP contribution in [0.15, 0.2) is 58.7 Å². The number of alkyl halides is 9. The van der Waals surface area contributed by atoms with Gasteiger partial charge in [-0.25, -0.2) is 0 Å². The Morgan fingerprint density at radius 1 is 0.725 bits per heavy atom. The van der Waals surface area contributed by atoms with Gasteiger partial charge in [-0.05, 0) is 41.5 Å². The summed E-state index contributed by atoms with van der Waals surface area (Å²) >= 11 is 0. The molecule has 0 aliphatic carbocycles. The van der Waals surface area contributed by atoms with Crippen molar-refractivity contribution in [2.45, 2.75) is 38.0 Å². The first-order chi connectivity index (χ1) is 18.6. The van der Waals surface area contributed by atoms with Crippen molar-refractivity contribution >= 4 is 11.9 Å². The lowest BCUT2D eigenvalue weighted by atomic mass is 9.99. The number of nitrogens with zero attached hydrogens (tertiary/aromatic N) is 4. The van der Waals surface area contributed by atoms with E-state index in [9.17, 15) is 44.3 Å². The number of amides is 1. The fourth-order valence-electron chi connectivity index (χ4n) is 5.10. The molecule has 1 amide bonds. The minimum atomic E-state index is -4.97. The summed E-state index contributed by atoms with van der Waals surface area (Å²) in [5.74, 6) is -0.0960. The summed E-state index contributed by atoms with van der Waals surface area (Å²) in [5.41, 5.74) is -2.43. The normalized spacial score (nSPS) is 18.7. The quantitative estimate of drug-likeness (QED) is 0.425. The predicted octanol–water partition coefficient (Wildman–Crippen LogP) is 5.92. The van der Waals surface area contributed by atoms with Gasteiger partial charge in [-0.1, -0.05) is 12.1 Å². The van der Waals surface area contributed by atoms with E-state index in [1.807, 2.05) is 4.90 Å². The summed E-state index contributed by atoms with van der Waals surface area (Å²) in [6.07, 6.45) is -14.1. The monoisotopic (exact) mass is 576 g/mol. The van der Waals surface area contributed by atoms with Crippen LogP contribution < -0.4 is 0 Å². The van der Waals surface area contributed by atoms with E-state index in [0.717, 1.165) is 12.1 Å². The third-order valence-electron chi connectivity index (χ3n) is 6.96. The number of halogens is 9. The summed E-state index contributed by atoms with van der Waals surface area (Å²) in [6.45, 7) is 0.790. The summed E-state index contributed by atoms with van der Waals surface area (Å²) < 4.78 is 119. The number of rotatable bonds is 4. The molecule has 0 N–H and O–H groups in total. The zero-order valence-electron chi connectivity index (χ0n) is 20.6. The number of hydrogen-bond donors (Lipinski definition) is 0. The molecular weight excluding hydrogens is 555 g/mol. The Hall–Kier alpha value is -3.55. The molecule has 0 spiro atoms. The van der Waals surface area contributed by atoms with Crippen molar-refractivity contribution < 1.29 is 44.3 Å². The SMILES string of the molecule is O=C1C2=C(CCN(Cc3cc(C(F)(F)F)cc(C(F)(F)F)c3)C2)N2CCN=C2N1Cc1ccc(C(F)(F)F)cc1. The van der Waals surface area contributed by atoms with E-state index in [2.05, 4.69) is 4.99 Å². The lowest BCUT2D eigenvalue weighted by Crippen LogP contribution is -2.53. The predicted molar refractivity (Wildman–Crippen MR) is 124 cm³/mol. The number of benzene rings is 2. The van der Waals surface area contributed by atoms with Crippen molar-refractivity contribution in [1.29, 1.82) is 0 Å². The Morgan fingerprint density at radius 3 is 1.90 bits per heavy atom. The Bertz CT molecular complexity index is 1340. The minimum absolute atomic E-state index is 0.0287. The van der Waals surface area contributed by atoms with Crippen molar-refractivity contribution in [3.63, 3.8) is 0 Å². The van der Waals surface area contributed by atoms with E-state index in [1.165, 1.54) is 17.0 Å². The van der Waals surface area contributed by atoms with Gasteiger partial charge in [0.2, 0.25) is 5.96 Å². The van der Waals surface area contributed by atoms with E-state index in [-0.39, 0.29) is 37.8 Å². The Kier molecular flexibility index (Phi) is 6.87. The van der Waals surface area contributed by atoms with Crippen LogP contribution in [-0.4, -0.2) is 52.7 Å². The molecule has 5 rings (SSSR count). The van der Waals surface area contributed by atoms with Crippen LogP contribution in [0.4, 0.5) is 39.5 Å². The van der Waals surface area contributed by atoms with Crippen LogP contribution in [0.5, 0.6) is 0 Å². The molecule has 0 fully saturated rings. The molecule has 214 valence electrons. The largest absolute Gasteiger partial charge is 0.416 e. The lowest BCUT2D eigenvalue weighted by molar-refractivity contribution is -0.143. The third-order valence-corrected chi connectivity index (χ3v) is 6.96. The van der Waals surface area contributed by atoms with Gasteiger partial charge in [0.25, 0.3) is 5.91 Å². The number of guanidine groups is 1. The number of hydrogen-bond acceptors (Lipinski definition) is 4. The highest BCUT2D eigenvalue weighted by Gasteiger charge is 2.42. The molecule has 0 unspecified atom stereocenters. The molecule has 0 bridgehead atoms. The summed E-state index contributed by atoms with van der Waals surface area (Å²) in [7, 11) is 0. The number of aliphatic imine (C=N–C) groups is 1. The zero-order chi connectivity index (χ0) is 29.0. The number of carbonyl (C=O) groups is 1. The molecule has 0 saturated heterocycles. The molecular formula is C26H21F9N4O. The van der Waals surface area contributed by atoms with Gasteiger partial charge in [0.05, 0.1) is 35.4 Å². The molecule has 3 heterocycles. The van der Waals surface area contributed by atoms with Crippen LogP contribution in [0.25, 0.3) is 0 Å². The summed E-state index contributed by atoms with van der Waals surface area (Å²) in [6, 6.07) is 5.76. The molecule has 3 aliphatic rings. The van der Waals surface area contributed by atoms with E-state index >= 15 is 0 Å². The smallest absolute Gasteiger partial charge is 0.314 e. The van der Waals surface area contributed by atoms with Crippen molar-refractivity contribution in [3.05, 3.63) is 81.6 Å². The second kappa shape index (κ2) is 9.82. The molecule has 5 nitrogen and oxygen atoms in total. The first-order valence-corrected chi connectivity index (χ1v) is 12.1. The van der Waals surface area contributed by atoms with Crippen LogP contribution in [0.3, 0.4) is 0 Å². The molecule has 0 aromatic heterocycles. The van der Waals surface area contributed by atoms with Crippen LogP contribution in [-0.2, 0) is 36.4 Å². The van der Waals surface area contributed by atoms with E-state index in [0.29, 0.717) is 54.4 Å². The topological polar surface area (TPSA) is 39.2 Å². The second-order valence-electron chi connectivity index (χ2n) is 9.72. The van der Waals surface area contributed by atoms with E-state index < -0.39 is 41.1 Å². The van der Waals surface area contributed by atoms with Gasteiger partial charge < -0.3 is 4.90 Å². The first-order valence-electron chi connectivity index (χ1n) is 12.1. The molecule has 0 radical (unpaired) electrons. The average Bonchev–Trinajstić information content (AvgIpc) is 3.35. The second-order valence-corrected chi connectivity index (χ2v) is 9.72. The lowest BCUT2D eigenvalue weighted by Gasteiger charge is -2.42. The highest BCUT2D eigenvalue weighted by molar-refractivity contribution is 6.09. The van der Waals surface area contributed by atoms with Gasteiger partial charge in [-0.2, -0.15) is 39.5 Å². The van der Waals surface area contributed by atoms with Gasteiger partial charge in [-0.3, -0.25) is 19.6 Å². The van der Waals surface area contributed by atoms with Gasteiger partial charge in [0.15, 0.2) is 0 Å². The van der Waals surface area contributed by atoms with Crippen molar-refractivity contribution in [2.24, 2.45) is 4.99 Å². The molecule has 2 aromatic carbocycles. The number of fused-ring (bicyclic) bond motifs is 2. The van der Waals surface area contributed by atoms with E-state index in [4.69, 9.17) is 0 Å². The minimum Gasteiger partial charge on any atom is -0.314 e. The van der Waals surface area contributed by atoms with Crippen molar-refractivity contribution in [1.82, 2.24) is 14.7 Å². The zero-order valence-corrected chi connectivity index (χ0v) is 20.6. The molecule has 14 heteroatoms. The van der Waals surface area contributed by atoms with Crippen LogP contribution in [0, 0.1) is 0 Å². The van der Waals surface area contributed by atoms with Crippen LogP contribution in [0.2, 0.25) is 0 Å². The molecule has 3 aliphatic heterocycles. The Labute approximate surface area is 222 Å². The van der Waals surface area contributed by atoms with Gasteiger partial charge in [-0.15, -0.1) is 0 Å². The summed E-state index contributed by atoms with van der Waals surface area (Å²) in [5, 5.41) is 0. The first kappa shape index (κ1) is 28.0. The van der Waals surface area contributed by atoms with Gasteiger partial charge in [0.1, 0.15) is 0 Å². The fraction of sp³-hybridized carbons (Fsp3) is 0.385. The standard InChI is InChI=1S/C26H21F9N4O/c27-24(28,29)17-3-1-15(2-4-17)13-39-22(40)20-14-37(7-5-21(20)38-8-6-36-23(38)39)12-16-9-18(25(30,31)32)11-19(10-16)26(33,34)35/h1-4,9-11H,5-8,12-14H2. The molecule has 2 aromatic rings. The molecule has 0 saturated carbocycles. The third kappa shape index (κ3) is 5.54. The highest BCUT2D eigenvalue weighted by Crippen LogP contribution is 2.38. The Morgan fingerprint density at radius 2 is 1.32 bits per heavy atom. The highest BCUT2D eigenvalue weighted by atomic mass is 19.4. The maximum absolute atomic E-state index is 13.6. The summed E-state index contributed by atoms with van der Waals surface area (Å²) in [4.78, 5) is 22.7. The maximum atomic E-state index is 13.6. The molecule has 0 atom stereocenters. The van der Waals surface area contributed by atoms with E-state index in [1.54, 1.807) is 4.90 Å². The van der Waals surface area contributed by atoms with Crippen LogP contribution in [0.1, 0.15) is 34.2 Å². The van der Waals surface area contributed by atoms with Crippen LogP contribution >= 0.6 is 0 Å². The molecule has 40 heavy (non-hydrogen) atoms. The number of carbonyl (C=O) groups excluding carboxylic acids is 1. The van der Waals surface area contributed by atoms with Gasteiger partial charge >= 0.3 is 18.5 Å². The average molecular weight is 576 g/mol. The Balaban J connectivity index is 1.39. The van der Waals surface area contributed by atoms with Crippen molar-refractivity contribution in [3.8, 4) is 0 Å². The van der Waals surface area contributed by atoms with Gasteiger partial charge in [0, 0.05) is 38.3 Å². The maximum Gasteiger partial charge on any atom is 0.416 e.